The molecule has 0 saturated carbocycles. The van der Waals surface area contributed by atoms with E-state index in [-0.39, 0.29) is 12.4 Å². The normalized spacial score (nSPS) is 12.4. The first-order valence-electron chi connectivity index (χ1n) is 10.1. The highest BCUT2D eigenvalue weighted by molar-refractivity contribution is 7.89. The maximum Gasteiger partial charge on any atom is 0.244 e. The van der Waals surface area contributed by atoms with Crippen LogP contribution in [0.15, 0.2) is 71.8 Å². The Morgan fingerprint density at radius 3 is 2.42 bits per heavy atom. The van der Waals surface area contributed by atoms with Crippen molar-refractivity contribution in [1.82, 2.24) is 15.0 Å². The van der Waals surface area contributed by atoms with Crippen molar-refractivity contribution in [3.8, 4) is 11.6 Å². The maximum atomic E-state index is 14.0. The van der Waals surface area contributed by atoms with Gasteiger partial charge >= 0.3 is 0 Å². The quantitative estimate of drug-likeness (QED) is 0.491. The molecule has 0 aliphatic rings. The molecular formula is C23H23F2N3O4S. The van der Waals surface area contributed by atoms with E-state index in [4.69, 9.17) is 4.74 Å². The zero-order valence-electron chi connectivity index (χ0n) is 18.0. The molecule has 0 radical (unpaired) electrons. The molecule has 3 aromatic rings. The van der Waals surface area contributed by atoms with E-state index in [1.165, 1.54) is 42.6 Å². The van der Waals surface area contributed by atoms with Crippen LogP contribution in [0.3, 0.4) is 0 Å². The van der Waals surface area contributed by atoms with Gasteiger partial charge in [-0.3, -0.25) is 4.79 Å². The zero-order valence-corrected chi connectivity index (χ0v) is 18.8. The smallest absolute Gasteiger partial charge is 0.244 e. The number of sulfonamides is 1. The number of carbonyl (C=O) groups is 1. The molecule has 0 spiro atoms. The molecule has 2 N–H and O–H groups in total. The van der Waals surface area contributed by atoms with Crippen LogP contribution in [0.5, 0.6) is 11.6 Å². The average Bonchev–Trinajstić information content (AvgIpc) is 2.78. The lowest BCUT2D eigenvalue weighted by Gasteiger charge is -2.22. The average molecular weight is 476 g/mol. The minimum Gasteiger partial charge on any atom is -0.439 e. The van der Waals surface area contributed by atoms with Crippen LogP contribution >= 0.6 is 0 Å². The molecule has 174 valence electrons. The van der Waals surface area contributed by atoms with E-state index in [1.807, 2.05) is 0 Å². The van der Waals surface area contributed by atoms with Crippen molar-refractivity contribution in [2.45, 2.75) is 31.3 Å². The topological polar surface area (TPSA) is 97.4 Å². The van der Waals surface area contributed by atoms with Gasteiger partial charge in [0.25, 0.3) is 0 Å². The first kappa shape index (κ1) is 24.3. The van der Waals surface area contributed by atoms with Crippen molar-refractivity contribution in [2.24, 2.45) is 5.92 Å². The molecule has 1 atom stereocenters. The van der Waals surface area contributed by atoms with E-state index < -0.39 is 44.4 Å². The van der Waals surface area contributed by atoms with Gasteiger partial charge in [0, 0.05) is 18.8 Å². The van der Waals surface area contributed by atoms with Gasteiger partial charge in [-0.1, -0.05) is 26.0 Å². The largest absolute Gasteiger partial charge is 0.439 e. The summed E-state index contributed by atoms with van der Waals surface area (Å²) >= 11 is 0. The van der Waals surface area contributed by atoms with Gasteiger partial charge in [0.15, 0.2) is 0 Å². The Labute approximate surface area is 190 Å². The van der Waals surface area contributed by atoms with Crippen molar-refractivity contribution in [2.75, 3.05) is 0 Å². The predicted molar refractivity (Wildman–Crippen MR) is 118 cm³/mol. The number of aromatic nitrogens is 1. The highest BCUT2D eigenvalue weighted by Crippen LogP contribution is 2.20. The first-order chi connectivity index (χ1) is 15.7. The highest BCUT2D eigenvalue weighted by Gasteiger charge is 2.29. The summed E-state index contributed by atoms with van der Waals surface area (Å²) in [6.45, 7) is 3.43. The van der Waals surface area contributed by atoms with Crippen LogP contribution in [-0.2, 0) is 21.4 Å². The number of hydrogen-bond donors (Lipinski definition) is 2. The van der Waals surface area contributed by atoms with E-state index in [0.29, 0.717) is 11.3 Å². The molecule has 7 nitrogen and oxygen atoms in total. The van der Waals surface area contributed by atoms with Crippen molar-refractivity contribution in [1.29, 1.82) is 0 Å². The number of hydrogen-bond acceptors (Lipinski definition) is 5. The maximum absolute atomic E-state index is 14.0. The van der Waals surface area contributed by atoms with Crippen LogP contribution in [0.2, 0.25) is 0 Å². The van der Waals surface area contributed by atoms with E-state index in [1.54, 1.807) is 26.0 Å². The summed E-state index contributed by atoms with van der Waals surface area (Å²) in [5.41, 5.74) is 0.648. The fourth-order valence-electron chi connectivity index (χ4n) is 2.92. The Balaban J connectivity index is 1.66. The molecule has 1 heterocycles. The Morgan fingerprint density at radius 2 is 1.76 bits per heavy atom. The molecule has 10 heteroatoms. The summed E-state index contributed by atoms with van der Waals surface area (Å²) in [7, 11) is -4.25. The number of nitrogens with one attached hydrogen (secondary N) is 2. The minimum atomic E-state index is -4.25. The molecule has 1 amide bonds. The van der Waals surface area contributed by atoms with Gasteiger partial charge in [-0.05, 0) is 53.9 Å². The summed E-state index contributed by atoms with van der Waals surface area (Å²) < 4.78 is 60.1. The first-order valence-corrected chi connectivity index (χ1v) is 11.6. The van der Waals surface area contributed by atoms with Crippen LogP contribution in [-0.4, -0.2) is 25.4 Å². The van der Waals surface area contributed by atoms with E-state index in [0.717, 1.165) is 12.1 Å². The van der Waals surface area contributed by atoms with Crippen molar-refractivity contribution >= 4 is 15.9 Å². The van der Waals surface area contributed by atoms with Gasteiger partial charge in [-0.15, -0.1) is 0 Å². The Bertz CT molecular complexity index is 1220. The monoisotopic (exact) mass is 475 g/mol. The second-order valence-electron chi connectivity index (χ2n) is 7.55. The summed E-state index contributed by atoms with van der Waals surface area (Å²) in [5, 5.41) is 2.68. The lowest BCUT2D eigenvalue weighted by molar-refractivity contribution is -0.123. The van der Waals surface area contributed by atoms with Crippen molar-refractivity contribution in [3.63, 3.8) is 0 Å². The van der Waals surface area contributed by atoms with Crippen molar-refractivity contribution in [3.05, 3.63) is 84.1 Å². The molecule has 3 rings (SSSR count). The molecule has 2 aromatic carbocycles. The SMILES string of the molecule is CC(C)[C@H](NS(=O)(=O)c1ccccc1F)C(=O)NCc1ccnc(Oc2ccc(F)cc2)c1. The molecule has 0 bridgehead atoms. The fourth-order valence-corrected chi connectivity index (χ4v) is 4.35. The Kier molecular flexibility index (Phi) is 7.72. The summed E-state index contributed by atoms with van der Waals surface area (Å²) in [4.78, 5) is 16.3. The number of rotatable bonds is 9. The van der Waals surface area contributed by atoms with Crippen LogP contribution in [0.1, 0.15) is 19.4 Å². The lowest BCUT2D eigenvalue weighted by Crippen LogP contribution is -2.49. The second kappa shape index (κ2) is 10.5. The molecule has 33 heavy (non-hydrogen) atoms. The number of carbonyl (C=O) groups excluding carboxylic acids is 1. The van der Waals surface area contributed by atoms with Gasteiger partial charge in [0.05, 0.1) is 0 Å². The molecule has 0 aliphatic heterocycles. The third-order valence-corrected chi connectivity index (χ3v) is 6.13. The van der Waals surface area contributed by atoms with E-state index >= 15 is 0 Å². The fraction of sp³-hybridized carbons (Fsp3) is 0.217. The van der Waals surface area contributed by atoms with E-state index in [2.05, 4.69) is 15.0 Å². The number of pyridine rings is 1. The minimum absolute atomic E-state index is 0.0752. The van der Waals surface area contributed by atoms with E-state index in [9.17, 15) is 22.0 Å². The second-order valence-corrected chi connectivity index (χ2v) is 9.23. The van der Waals surface area contributed by atoms with Crippen LogP contribution in [0, 0.1) is 17.6 Å². The van der Waals surface area contributed by atoms with Crippen LogP contribution in [0.25, 0.3) is 0 Å². The highest BCUT2D eigenvalue weighted by atomic mass is 32.2. The summed E-state index contributed by atoms with van der Waals surface area (Å²) in [6, 6.07) is 12.5. The van der Waals surface area contributed by atoms with Gasteiger partial charge < -0.3 is 10.1 Å². The van der Waals surface area contributed by atoms with Gasteiger partial charge in [-0.25, -0.2) is 22.2 Å². The van der Waals surface area contributed by atoms with Gasteiger partial charge in [0.1, 0.15) is 28.3 Å². The van der Waals surface area contributed by atoms with Crippen LogP contribution < -0.4 is 14.8 Å². The Morgan fingerprint density at radius 1 is 1.06 bits per heavy atom. The van der Waals surface area contributed by atoms with Crippen LogP contribution in [0.4, 0.5) is 8.78 Å². The third-order valence-electron chi connectivity index (χ3n) is 4.66. The third kappa shape index (κ3) is 6.56. The Hall–Kier alpha value is -3.37. The summed E-state index contributed by atoms with van der Waals surface area (Å²) in [6.07, 6.45) is 1.49. The number of halogens is 2. The molecule has 1 aromatic heterocycles. The molecular weight excluding hydrogens is 452 g/mol. The molecule has 0 aliphatic carbocycles. The van der Waals surface area contributed by atoms with Gasteiger partial charge in [-0.2, -0.15) is 4.72 Å². The molecule has 0 saturated heterocycles. The standard InChI is InChI=1S/C23H23F2N3O4S/c1-15(2)22(28-33(30,31)20-6-4-3-5-19(20)25)23(29)27-14-16-11-12-26-21(13-16)32-18-9-7-17(24)8-10-18/h3-13,15,22,28H,14H2,1-2H3,(H,27,29)/t22-/m0/s1. The summed E-state index contributed by atoms with van der Waals surface area (Å²) in [5.74, 6) is -1.62. The zero-order chi connectivity index (χ0) is 24.0. The number of amides is 1. The number of ether oxygens (including phenoxy) is 1. The predicted octanol–water partition coefficient (Wildman–Crippen LogP) is 3.77. The lowest BCUT2D eigenvalue weighted by atomic mass is 10.0. The molecule has 0 unspecified atom stereocenters. The molecule has 0 fully saturated rings. The number of benzene rings is 2. The van der Waals surface area contributed by atoms with Crippen molar-refractivity contribution < 1.29 is 26.7 Å². The number of nitrogens with zero attached hydrogens (tertiary/aromatic N) is 1. The van der Waals surface area contributed by atoms with Gasteiger partial charge in [0.2, 0.25) is 21.8 Å².